The molecule has 1 heterocycles. The fourth-order valence-electron chi connectivity index (χ4n) is 2.56. The summed E-state index contributed by atoms with van der Waals surface area (Å²) in [6.07, 6.45) is 2.08. The molecule has 0 spiro atoms. The Balaban J connectivity index is 1.66. The molecule has 1 fully saturated rings. The van der Waals surface area contributed by atoms with Crippen LogP contribution in [0.1, 0.15) is 18.9 Å². The van der Waals surface area contributed by atoms with Gasteiger partial charge in [0.1, 0.15) is 0 Å². The summed E-state index contributed by atoms with van der Waals surface area (Å²) in [6.45, 7) is 7.73. The molecule has 1 aliphatic heterocycles. The largest absolute Gasteiger partial charge is 0.338 e. The molecule has 0 bridgehead atoms. The second-order valence-electron chi connectivity index (χ2n) is 5.30. The Labute approximate surface area is 121 Å². The Bertz CT molecular complexity index is 399. The Morgan fingerprint density at radius 3 is 2.50 bits per heavy atom. The number of hydrogen-bond acceptors (Lipinski definition) is 2. The van der Waals surface area contributed by atoms with E-state index in [9.17, 15) is 4.79 Å². The molecule has 1 aliphatic rings. The number of amides is 2. The minimum atomic E-state index is 0.0806. The predicted molar refractivity (Wildman–Crippen MR) is 81.8 cm³/mol. The number of urea groups is 1. The summed E-state index contributed by atoms with van der Waals surface area (Å²) in [5.41, 5.74) is 1.26. The zero-order chi connectivity index (χ0) is 14.2. The Morgan fingerprint density at radius 1 is 1.15 bits per heavy atom. The molecule has 20 heavy (non-hydrogen) atoms. The van der Waals surface area contributed by atoms with E-state index >= 15 is 0 Å². The van der Waals surface area contributed by atoms with Crippen LogP contribution in [0.15, 0.2) is 30.3 Å². The van der Waals surface area contributed by atoms with Crippen LogP contribution in [0.4, 0.5) is 4.79 Å². The average molecular weight is 275 g/mol. The third-order valence-corrected chi connectivity index (χ3v) is 3.73. The number of benzene rings is 1. The van der Waals surface area contributed by atoms with Crippen molar-refractivity contribution in [3.05, 3.63) is 35.9 Å². The molecule has 1 N–H and O–H groups in total. The van der Waals surface area contributed by atoms with E-state index in [4.69, 9.17) is 0 Å². The van der Waals surface area contributed by atoms with Crippen LogP contribution in [0.25, 0.3) is 0 Å². The molecular weight excluding hydrogens is 250 g/mol. The van der Waals surface area contributed by atoms with Crippen LogP contribution in [0.2, 0.25) is 0 Å². The number of hydrogen-bond donors (Lipinski definition) is 1. The maximum atomic E-state index is 12.0. The second-order valence-corrected chi connectivity index (χ2v) is 5.30. The minimum absolute atomic E-state index is 0.0806. The van der Waals surface area contributed by atoms with Gasteiger partial charge < -0.3 is 10.2 Å². The summed E-state index contributed by atoms with van der Waals surface area (Å²) < 4.78 is 0. The molecule has 0 aliphatic carbocycles. The van der Waals surface area contributed by atoms with Crippen molar-refractivity contribution in [1.82, 2.24) is 15.1 Å². The standard InChI is InChI=1S/C16H25N3O/c1-2-10-18-11-13-19(14-12-18)16(20)17-9-8-15-6-4-3-5-7-15/h3-7H,2,8-14H2,1H3,(H,17,20). The lowest BCUT2D eigenvalue weighted by Crippen LogP contribution is -2.52. The lowest BCUT2D eigenvalue weighted by molar-refractivity contribution is 0.139. The van der Waals surface area contributed by atoms with E-state index in [1.165, 1.54) is 12.0 Å². The summed E-state index contributed by atoms with van der Waals surface area (Å²) in [4.78, 5) is 16.4. The molecule has 0 unspecified atom stereocenters. The molecule has 0 saturated carbocycles. The van der Waals surface area contributed by atoms with E-state index in [-0.39, 0.29) is 6.03 Å². The Morgan fingerprint density at radius 2 is 1.85 bits per heavy atom. The summed E-state index contributed by atoms with van der Waals surface area (Å²) in [5, 5.41) is 3.02. The average Bonchev–Trinajstić information content (AvgIpc) is 2.49. The van der Waals surface area contributed by atoms with Crippen molar-refractivity contribution in [3.63, 3.8) is 0 Å². The molecular formula is C16H25N3O. The van der Waals surface area contributed by atoms with Crippen LogP contribution in [0.3, 0.4) is 0 Å². The van der Waals surface area contributed by atoms with Crippen molar-refractivity contribution in [3.8, 4) is 0 Å². The molecule has 4 heteroatoms. The van der Waals surface area contributed by atoms with Crippen LogP contribution in [0, 0.1) is 0 Å². The zero-order valence-corrected chi connectivity index (χ0v) is 12.3. The van der Waals surface area contributed by atoms with Crippen molar-refractivity contribution in [1.29, 1.82) is 0 Å². The summed E-state index contributed by atoms with van der Waals surface area (Å²) in [7, 11) is 0. The van der Waals surface area contributed by atoms with Gasteiger partial charge in [-0.15, -0.1) is 0 Å². The molecule has 110 valence electrons. The molecule has 0 aromatic heterocycles. The van der Waals surface area contributed by atoms with E-state index in [0.717, 1.165) is 39.1 Å². The monoisotopic (exact) mass is 275 g/mol. The summed E-state index contributed by atoms with van der Waals surface area (Å²) in [5.74, 6) is 0. The van der Waals surface area contributed by atoms with Gasteiger partial charge >= 0.3 is 6.03 Å². The molecule has 4 nitrogen and oxygen atoms in total. The number of carbonyl (C=O) groups excluding carboxylic acids is 1. The fourth-order valence-corrected chi connectivity index (χ4v) is 2.56. The molecule has 1 saturated heterocycles. The van der Waals surface area contributed by atoms with Crippen molar-refractivity contribution >= 4 is 6.03 Å². The van der Waals surface area contributed by atoms with Gasteiger partial charge in [-0.3, -0.25) is 4.90 Å². The lowest BCUT2D eigenvalue weighted by Gasteiger charge is -2.34. The summed E-state index contributed by atoms with van der Waals surface area (Å²) >= 11 is 0. The molecule has 1 aromatic carbocycles. The highest BCUT2D eigenvalue weighted by Crippen LogP contribution is 2.03. The lowest BCUT2D eigenvalue weighted by atomic mass is 10.1. The van der Waals surface area contributed by atoms with Crippen molar-refractivity contribution in [2.45, 2.75) is 19.8 Å². The van der Waals surface area contributed by atoms with Crippen molar-refractivity contribution < 1.29 is 4.79 Å². The quantitative estimate of drug-likeness (QED) is 0.891. The first-order chi connectivity index (χ1) is 9.79. The first kappa shape index (κ1) is 14.9. The molecule has 2 amide bonds. The van der Waals surface area contributed by atoms with E-state index in [1.54, 1.807) is 0 Å². The van der Waals surface area contributed by atoms with Crippen LogP contribution in [0.5, 0.6) is 0 Å². The number of nitrogens with one attached hydrogen (secondary N) is 1. The van der Waals surface area contributed by atoms with Crippen molar-refractivity contribution in [2.75, 3.05) is 39.3 Å². The third kappa shape index (κ3) is 4.53. The van der Waals surface area contributed by atoms with E-state index in [2.05, 4.69) is 29.3 Å². The van der Waals surface area contributed by atoms with E-state index in [0.29, 0.717) is 6.54 Å². The van der Waals surface area contributed by atoms with Gasteiger partial charge in [-0.05, 0) is 24.9 Å². The first-order valence-corrected chi connectivity index (χ1v) is 7.58. The third-order valence-electron chi connectivity index (χ3n) is 3.73. The Hall–Kier alpha value is -1.55. The molecule has 0 radical (unpaired) electrons. The first-order valence-electron chi connectivity index (χ1n) is 7.58. The number of rotatable bonds is 5. The van der Waals surface area contributed by atoms with Gasteiger partial charge in [0.2, 0.25) is 0 Å². The van der Waals surface area contributed by atoms with Gasteiger partial charge in [-0.1, -0.05) is 37.3 Å². The van der Waals surface area contributed by atoms with Crippen LogP contribution < -0.4 is 5.32 Å². The number of piperazine rings is 1. The van der Waals surface area contributed by atoms with Gasteiger partial charge in [0, 0.05) is 32.7 Å². The topological polar surface area (TPSA) is 35.6 Å². The normalized spacial score (nSPS) is 16.1. The second kappa shape index (κ2) is 7.90. The maximum absolute atomic E-state index is 12.0. The SMILES string of the molecule is CCCN1CCN(C(=O)NCCc2ccccc2)CC1. The van der Waals surface area contributed by atoms with Crippen LogP contribution in [-0.4, -0.2) is 55.1 Å². The van der Waals surface area contributed by atoms with E-state index < -0.39 is 0 Å². The van der Waals surface area contributed by atoms with E-state index in [1.807, 2.05) is 23.1 Å². The van der Waals surface area contributed by atoms with Crippen LogP contribution in [-0.2, 0) is 6.42 Å². The summed E-state index contributed by atoms with van der Waals surface area (Å²) in [6, 6.07) is 10.3. The number of carbonyl (C=O) groups is 1. The van der Waals surface area contributed by atoms with Gasteiger partial charge in [0.25, 0.3) is 0 Å². The number of nitrogens with zero attached hydrogens (tertiary/aromatic N) is 2. The zero-order valence-electron chi connectivity index (χ0n) is 12.3. The highest BCUT2D eigenvalue weighted by atomic mass is 16.2. The Kier molecular flexibility index (Phi) is 5.87. The van der Waals surface area contributed by atoms with Gasteiger partial charge in [-0.25, -0.2) is 4.79 Å². The molecule has 0 atom stereocenters. The van der Waals surface area contributed by atoms with Gasteiger partial charge in [0.05, 0.1) is 0 Å². The highest BCUT2D eigenvalue weighted by Gasteiger charge is 2.19. The van der Waals surface area contributed by atoms with Gasteiger partial charge in [0.15, 0.2) is 0 Å². The predicted octanol–water partition coefficient (Wildman–Crippen LogP) is 1.97. The van der Waals surface area contributed by atoms with Crippen molar-refractivity contribution in [2.24, 2.45) is 0 Å². The highest BCUT2D eigenvalue weighted by molar-refractivity contribution is 5.74. The maximum Gasteiger partial charge on any atom is 0.317 e. The fraction of sp³-hybridized carbons (Fsp3) is 0.562. The van der Waals surface area contributed by atoms with Crippen LogP contribution >= 0.6 is 0 Å². The molecule has 2 rings (SSSR count). The minimum Gasteiger partial charge on any atom is -0.338 e. The molecule has 1 aromatic rings. The van der Waals surface area contributed by atoms with Gasteiger partial charge in [-0.2, -0.15) is 0 Å². The smallest absolute Gasteiger partial charge is 0.317 e.